The first-order valence-corrected chi connectivity index (χ1v) is 8.93. The van der Waals surface area contributed by atoms with Gasteiger partial charge in [-0.25, -0.2) is 0 Å². The number of fused-ring (bicyclic) bond motifs is 2. The highest BCUT2D eigenvalue weighted by atomic mass is 16.5. The van der Waals surface area contributed by atoms with Gasteiger partial charge in [0.2, 0.25) is 5.75 Å². The fourth-order valence-electron chi connectivity index (χ4n) is 3.63. The molecule has 3 aromatic carbocycles. The Morgan fingerprint density at radius 2 is 1.14 bits per heavy atom. The largest absolute Gasteiger partial charge is 0.493 e. The molecule has 0 aromatic heterocycles. The second-order valence-electron chi connectivity index (χ2n) is 6.44. The lowest BCUT2D eigenvalue weighted by molar-refractivity contribution is 0.103. The van der Waals surface area contributed by atoms with Gasteiger partial charge in [-0.05, 0) is 40.5 Å². The first kappa shape index (κ1) is 17.9. The summed E-state index contributed by atoms with van der Waals surface area (Å²) in [5.74, 6) is 1.77. The standard InChI is InChI=1S/C24H20O4/c1-26-21-13-15(14-22(27-2)24(21)28-3)12-20-16-8-4-6-10-18(16)23(25)19-11-7-5-9-17(19)20/h4-14H,1-3H3. The third kappa shape index (κ3) is 2.83. The Morgan fingerprint density at radius 3 is 1.57 bits per heavy atom. The minimum Gasteiger partial charge on any atom is -0.493 e. The fourth-order valence-corrected chi connectivity index (χ4v) is 3.63. The minimum atomic E-state index is 0.0493. The number of carbonyl (C=O) groups is 1. The molecule has 0 fully saturated rings. The van der Waals surface area contributed by atoms with Gasteiger partial charge in [-0.1, -0.05) is 48.5 Å². The second-order valence-corrected chi connectivity index (χ2v) is 6.44. The van der Waals surface area contributed by atoms with Crippen LogP contribution in [0.1, 0.15) is 32.6 Å². The zero-order valence-electron chi connectivity index (χ0n) is 16.0. The molecule has 0 bridgehead atoms. The molecular formula is C24H20O4. The molecule has 140 valence electrons. The van der Waals surface area contributed by atoms with E-state index in [4.69, 9.17) is 14.2 Å². The van der Waals surface area contributed by atoms with Crippen LogP contribution in [-0.2, 0) is 0 Å². The van der Waals surface area contributed by atoms with Crippen LogP contribution >= 0.6 is 0 Å². The number of ketones is 1. The van der Waals surface area contributed by atoms with Gasteiger partial charge in [-0.3, -0.25) is 4.79 Å². The van der Waals surface area contributed by atoms with E-state index in [-0.39, 0.29) is 5.78 Å². The van der Waals surface area contributed by atoms with Crippen molar-refractivity contribution in [2.45, 2.75) is 0 Å². The first-order valence-electron chi connectivity index (χ1n) is 8.93. The Kier molecular flexibility index (Phi) is 4.62. The Balaban J connectivity index is 1.96. The number of benzene rings is 3. The highest BCUT2D eigenvalue weighted by molar-refractivity contribution is 6.20. The summed E-state index contributed by atoms with van der Waals surface area (Å²) in [7, 11) is 4.77. The van der Waals surface area contributed by atoms with Gasteiger partial charge < -0.3 is 14.2 Å². The number of hydrogen-bond donors (Lipinski definition) is 0. The molecule has 0 heterocycles. The quantitative estimate of drug-likeness (QED) is 0.514. The minimum absolute atomic E-state index is 0.0493. The third-order valence-corrected chi connectivity index (χ3v) is 4.92. The molecule has 1 aliphatic carbocycles. The molecule has 0 saturated carbocycles. The van der Waals surface area contributed by atoms with Crippen LogP contribution in [0.3, 0.4) is 0 Å². The van der Waals surface area contributed by atoms with Crippen molar-refractivity contribution in [1.29, 1.82) is 0 Å². The van der Waals surface area contributed by atoms with Crippen molar-refractivity contribution >= 4 is 17.4 Å². The van der Waals surface area contributed by atoms with Crippen LogP contribution in [0.5, 0.6) is 17.2 Å². The zero-order chi connectivity index (χ0) is 19.7. The molecular weight excluding hydrogens is 352 g/mol. The molecule has 0 spiro atoms. The van der Waals surface area contributed by atoms with E-state index in [2.05, 4.69) is 6.08 Å². The van der Waals surface area contributed by atoms with Gasteiger partial charge in [0.05, 0.1) is 21.3 Å². The van der Waals surface area contributed by atoms with Gasteiger partial charge in [-0.15, -0.1) is 0 Å². The summed E-state index contributed by atoms with van der Waals surface area (Å²) in [6, 6.07) is 19.2. The van der Waals surface area contributed by atoms with Gasteiger partial charge >= 0.3 is 0 Å². The maximum absolute atomic E-state index is 12.9. The smallest absolute Gasteiger partial charge is 0.203 e. The number of carbonyl (C=O) groups excluding carboxylic acids is 1. The molecule has 0 amide bonds. The van der Waals surface area contributed by atoms with Crippen molar-refractivity contribution in [3.05, 3.63) is 88.5 Å². The molecule has 0 N–H and O–H groups in total. The molecule has 28 heavy (non-hydrogen) atoms. The molecule has 0 atom stereocenters. The van der Waals surface area contributed by atoms with Crippen LogP contribution in [0, 0.1) is 0 Å². The number of rotatable bonds is 4. The van der Waals surface area contributed by atoms with Crippen LogP contribution in [-0.4, -0.2) is 27.1 Å². The monoisotopic (exact) mass is 372 g/mol. The maximum atomic E-state index is 12.9. The Bertz CT molecular complexity index is 1020. The van der Waals surface area contributed by atoms with E-state index in [0.717, 1.165) is 22.3 Å². The Labute approximate surface area is 164 Å². The number of hydrogen-bond acceptors (Lipinski definition) is 4. The second kappa shape index (κ2) is 7.24. The fraction of sp³-hybridized carbons (Fsp3) is 0.125. The predicted octanol–water partition coefficient (Wildman–Crippen LogP) is 4.85. The summed E-state index contributed by atoms with van der Waals surface area (Å²) in [4.78, 5) is 12.9. The molecule has 3 aromatic rings. The van der Waals surface area contributed by atoms with Gasteiger partial charge in [0, 0.05) is 11.1 Å². The number of ether oxygens (including phenoxy) is 3. The summed E-state index contributed by atoms with van der Waals surface area (Å²) in [5, 5.41) is 0. The van der Waals surface area contributed by atoms with E-state index in [1.54, 1.807) is 21.3 Å². The summed E-state index contributed by atoms with van der Waals surface area (Å²) in [6.45, 7) is 0. The van der Waals surface area contributed by atoms with E-state index >= 15 is 0 Å². The maximum Gasteiger partial charge on any atom is 0.203 e. The van der Waals surface area contributed by atoms with Crippen LogP contribution in [0.4, 0.5) is 0 Å². The van der Waals surface area contributed by atoms with E-state index in [9.17, 15) is 4.79 Å². The van der Waals surface area contributed by atoms with Crippen LogP contribution in [0.15, 0.2) is 60.7 Å². The number of methoxy groups -OCH3 is 3. The zero-order valence-corrected chi connectivity index (χ0v) is 16.0. The van der Waals surface area contributed by atoms with Crippen molar-refractivity contribution in [2.24, 2.45) is 0 Å². The van der Waals surface area contributed by atoms with Crippen LogP contribution in [0.2, 0.25) is 0 Å². The topological polar surface area (TPSA) is 44.8 Å². The van der Waals surface area contributed by atoms with Crippen molar-refractivity contribution < 1.29 is 19.0 Å². The Hall–Kier alpha value is -3.53. The van der Waals surface area contributed by atoms with Crippen molar-refractivity contribution in [3.8, 4) is 17.2 Å². The first-order chi connectivity index (χ1) is 13.7. The lowest BCUT2D eigenvalue weighted by atomic mass is 9.80. The van der Waals surface area contributed by atoms with Gasteiger partial charge in [-0.2, -0.15) is 0 Å². The Morgan fingerprint density at radius 1 is 0.679 bits per heavy atom. The summed E-state index contributed by atoms with van der Waals surface area (Å²) >= 11 is 0. The molecule has 0 aliphatic heterocycles. The molecule has 1 aliphatic rings. The average Bonchev–Trinajstić information content (AvgIpc) is 2.75. The average molecular weight is 372 g/mol. The normalized spacial score (nSPS) is 12.1. The van der Waals surface area contributed by atoms with E-state index in [1.165, 1.54) is 0 Å². The summed E-state index contributed by atoms with van der Waals surface area (Å²) < 4.78 is 16.4. The van der Waals surface area contributed by atoms with Crippen molar-refractivity contribution in [2.75, 3.05) is 21.3 Å². The van der Waals surface area contributed by atoms with E-state index in [1.807, 2.05) is 60.7 Å². The van der Waals surface area contributed by atoms with Crippen LogP contribution in [0.25, 0.3) is 11.6 Å². The van der Waals surface area contributed by atoms with E-state index in [0.29, 0.717) is 28.4 Å². The highest BCUT2D eigenvalue weighted by Gasteiger charge is 2.26. The van der Waals surface area contributed by atoms with Crippen molar-refractivity contribution in [1.82, 2.24) is 0 Å². The molecule has 4 heteroatoms. The lowest BCUT2D eigenvalue weighted by Gasteiger charge is -2.22. The molecule has 0 saturated heterocycles. The molecule has 4 nitrogen and oxygen atoms in total. The van der Waals surface area contributed by atoms with Crippen molar-refractivity contribution in [3.63, 3.8) is 0 Å². The highest BCUT2D eigenvalue weighted by Crippen LogP contribution is 2.41. The predicted molar refractivity (Wildman–Crippen MR) is 109 cm³/mol. The summed E-state index contributed by atoms with van der Waals surface area (Å²) in [5.41, 5.74) is 5.13. The lowest BCUT2D eigenvalue weighted by Crippen LogP contribution is -2.14. The van der Waals surface area contributed by atoms with Crippen LogP contribution < -0.4 is 14.2 Å². The third-order valence-electron chi connectivity index (χ3n) is 4.92. The molecule has 4 rings (SSSR count). The SMILES string of the molecule is COc1cc(C=C2c3ccccc3C(=O)c3ccccc32)cc(OC)c1OC. The van der Waals surface area contributed by atoms with Gasteiger partial charge in [0.1, 0.15) is 0 Å². The molecule has 0 unspecified atom stereocenters. The molecule has 0 radical (unpaired) electrons. The summed E-state index contributed by atoms with van der Waals surface area (Å²) in [6.07, 6.45) is 2.05. The van der Waals surface area contributed by atoms with Gasteiger partial charge in [0.15, 0.2) is 17.3 Å². The van der Waals surface area contributed by atoms with Gasteiger partial charge in [0.25, 0.3) is 0 Å². The van der Waals surface area contributed by atoms with E-state index < -0.39 is 0 Å².